The van der Waals surface area contributed by atoms with Crippen LogP contribution in [0, 0.1) is 3.57 Å². The van der Waals surface area contributed by atoms with Crippen molar-refractivity contribution < 1.29 is 5.11 Å². The fraction of sp³-hybridized carbons (Fsp3) is 0.0769. The molecule has 0 aliphatic rings. The zero-order valence-corrected chi connectivity index (χ0v) is 10.8. The van der Waals surface area contributed by atoms with Gasteiger partial charge in [-0.05, 0) is 52.4 Å². The molecule has 0 atom stereocenters. The minimum absolute atomic E-state index is 0.304. The molecular weight excluding hydrogens is 313 g/mol. The van der Waals surface area contributed by atoms with Crippen LogP contribution in [-0.4, -0.2) is 5.11 Å². The number of halogens is 1. The van der Waals surface area contributed by atoms with E-state index in [1.54, 1.807) is 12.1 Å². The van der Waals surface area contributed by atoms with Crippen LogP contribution in [0.1, 0.15) is 5.56 Å². The van der Waals surface area contributed by atoms with E-state index in [1.165, 1.54) is 3.57 Å². The number of aromatic hydroxyl groups is 1. The molecule has 0 radical (unpaired) electrons. The molecule has 0 saturated heterocycles. The number of phenolic OH excluding ortho intramolecular Hbond substituents is 1. The predicted octanol–water partition coefficient (Wildman–Crippen LogP) is 3.61. The Morgan fingerprint density at radius 1 is 1.00 bits per heavy atom. The Balaban J connectivity index is 2.02. The van der Waals surface area contributed by atoms with Crippen molar-refractivity contribution in [2.45, 2.75) is 6.54 Å². The van der Waals surface area contributed by atoms with E-state index in [-0.39, 0.29) is 0 Å². The van der Waals surface area contributed by atoms with Crippen LogP contribution in [0.2, 0.25) is 0 Å². The molecule has 0 aliphatic heterocycles. The lowest BCUT2D eigenvalue weighted by molar-refractivity contribution is 0.475. The summed E-state index contributed by atoms with van der Waals surface area (Å²) < 4.78 is 1.21. The monoisotopic (exact) mass is 325 g/mol. The minimum atomic E-state index is 0.304. The van der Waals surface area contributed by atoms with Crippen LogP contribution in [0.5, 0.6) is 5.75 Å². The molecule has 3 heteroatoms. The molecule has 0 aliphatic carbocycles. The fourth-order valence-electron chi connectivity index (χ4n) is 1.42. The first-order valence-electron chi connectivity index (χ1n) is 5.02. The lowest BCUT2D eigenvalue weighted by Gasteiger charge is -2.08. The molecule has 0 heterocycles. The van der Waals surface area contributed by atoms with Crippen LogP contribution in [0.25, 0.3) is 0 Å². The van der Waals surface area contributed by atoms with Crippen LogP contribution in [0.4, 0.5) is 5.69 Å². The molecule has 0 unspecified atom stereocenters. The van der Waals surface area contributed by atoms with Gasteiger partial charge < -0.3 is 10.4 Å². The second-order valence-electron chi connectivity index (χ2n) is 3.50. The SMILES string of the molecule is Oc1ccc(CNc2ccccc2I)cc1. The maximum atomic E-state index is 9.16. The summed E-state index contributed by atoms with van der Waals surface area (Å²) in [6.07, 6.45) is 0. The molecule has 2 aromatic rings. The number of hydrogen-bond donors (Lipinski definition) is 2. The van der Waals surface area contributed by atoms with E-state index in [2.05, 4.69) is 40.0 Å². The Morgan fingerprint density at radius 2 is 1.69 bits per heavy atom. The van der Waals surface area contributed by atoms with Gasteiger partial charge in [-0.2, -0.15) is 0 Å². The Bertz CT molecular complexity index is 468. The lowest BCUT2D eigenvalue weighted by atomic mass is 10.2. The van der Waals surface area contributed by atoms with Crippen LogP contribution in [0.15, 0.2) is 48.5 Å². The molecule has 2 N–H and O–H groups in total. The number of hydrogen-bond acceptors (Lipinski definition) is 2. The van der Waals surface area contributed by atoms with E-state index in [0.29, 0.717) is 5.75 Å². The average Bonchev–Trinajstić information content (AvgIpc) is 2.30. The molecule has 2 rings (SSSR count). The first-order valence-corrected chi connectivity index (χ1v) is 6.10. The quantitative estimate of drug-likeness (QED) is 0.845. The summed E-state index contributed by atoms with van der Waals surface area (Å²) in [5.74, 6) is 0.304. The lowest BCUT2D eigenvalue weighted by Crippen LogP contribution is -2.00. The van der Waals surface area contributed by atoms with Crippen molar-refractivity contribution in [1.29, 1.82) is 0 Å². The number of para-hydroxylation sites is 1. The van der Waals surface area contributed by atoms with E-state index in [0.717, 1.165) is 17.8 Å². The van der Waals surface area contributed by atoms with Crippen molar-refractivity contribution >= 4 is 28.3 Å². The van der Waals surface area contributed by atoms with Gasteiger partial charge in [0.1, 0.15) is 5.75 Å². The van der Waals surface area contributed by atoms with Gasteiger partial charge in [0.15, 0.2) is 0 Å². The topological polar surface area (TPSA) is 32.3 Å². The molecular formula is C13H12INO. The first kappa shape index (κ1) is 11.3. The highest BCUT2D eigenvalue weighted by atomic mass is 127. The second-order valence-corrected chi connectivity index (χ2v) is 4.66. The normalized spacial score (nSPS) is 10.1. The van der Waals surface area contributed by atoms with Gasteiger partial charge in [0.25, 0.3) is 0 Å². The molecule has 0 spiro atoms. The fourth-order valence-corrected chi connectivity index (χ4v) is 1.99. The third-order valence-electron chi connectivity index (χ3n) is 2.29. The zero-order chi connectivity index (χ0) is 11.4. The highest BCUT2D eigenvalue weighted by Crippen LogP contribution is 2.18. The molecule has 2 aromatic carbocycles. The summed E-state index contributed by atoms with van der Waals surface area (Å²) in [7, 11) is 0. The van der Waals surface area contributed by atoms with Crippen LogP contribution >= 0.6 is 22.6 Å². The molecule has 0 saturated carbocycles. The summed E-state index contributed by atoms with van der Waals surface area (Å²) >= 11 is 2.31. The zero-order valence-electron chi connectivity index (χ0n) is 8.65. The van der Waals surface area contributed by atoms with Crippen LogP contribution in [0.3, 0.4) is 0 Å². The summed E-state index contributed by atoms with van der Waals surface area (Å²) in [4.78, 5) is 0. The van der Waals surface area contributed by atoms with Gasteiger partial charge in [-0.1, -0.05) is 24.3 Å². The third-order valence-corrected chi connectivity index (χ3v) is 3.23. The van der Waals surface area contributed by atoms with E-state index >= 15 is 0 Å². The Labute approximate surface area is 108 Å². The molecule has 16 heavy (non-hydrogen) atoms. The number of anilines is 1. The van der Waals surface area contributed by atoms with Gasteiger partial charge in [0.2, 0.25) is 0 Å². The van der Waals surface area contributed by atoms with Crippen molar-refractivity contribution in [3.05, 3.63) is 57.7 Å². The molecule has 0 fully saturated rings. The van der Waals surface area contributed by atoms with Crippen molar-refractivity contribution in [1.82, 2.24) is 0 Å². The summed E-state index contributed by atoms with van der Waals surface area (Å²) in [6, 6.07) is 15.4. The maximum absolute atomic E-state index is 9.16. The molecule has 2 nitrogen and oxygen atoms in total. The molecule has 0 aromatic heterocycles. The smallest absolute Gasteiger partial charge is 0.115 e. The van der Waals surface area contributed by atoms with Gasteiger partial charge >= 0.3 is 0 Å². The van der Waals surface area contributed by atoms with Gasteiger partial charge in [0.05, 0.1) is 0 Å². The Hall–Kier alpha value is -1.23. The van der Waals surface area contributed by atoms with Crippen LogP contribution in [-0.2, 0) is 6.54 Å². The average molecular weight is 325 g/mol. The highest BCUT2D eigenvalue weighted by molar-refractivity contribution is 14.1. The maximum Gasteiger partial charge on any atom is 0.115 e. The van der Waals surface area contributed by atoms with Gasteiger partial charge in [0, 0.05) is 15.8 Å². The van der Waals surface area contributed by atoms with E-state index in [9.17, 15) is 0 Å². The minimum Gasteiger partial charge on any atom is -0.508 e. The Kier molecular flexibility index (Phi) is 3.66. The largest absolute Gasteiger partial charge is 0.508 e. The predicted molar refractivity (Wildman–Crippen MR) is 74.6 cm³/mol. The van der Waals surface area contributed by atoms with Crippen molar-refractivity contribution in [3.8, 4) is 5.75 Å². The van der Waals surface area contributed by atoms with Gasteiger partial charge in [-0.25, -0.2) is 0 Å². The van der Waals surface area contributed by atoms with E-state index in [1.807, 2.05) is 24.3 Å². The van der Waals surface area contributed by atoms with Crippen molar-refractivity contribution in [3.63, 3.8) is 0 Å². The number of benzene rings is 2. The van der Waals surface area contributed by atoms with Crippen molar-refractivity contribution in [2.75, 3.05) is 5.32 Å². The number of rotatable bonds is 3. The molecule has 0 bridgehead atoms. The molecule has 0 amide bonds. The van der Waals surface area contributed by atoms with Gasteiger partial charge in [-0.3, -0.25) is 0 Å². The van der Waals surface area contributed by atoms with Gasteiger partial charge in [-0.15, -0.1) is 0 Å². The van der Waals surface area contributed by atoms with Crippen LogP contribution < -0.4 is 5.32 Å². The van der Waals surface area contributed by atoms with E-state index < -0.39 is 0 Å². The third kappa shape index (κ3) is 2.88. The summed E-state index contributed by atoms with van der Waals surface area (Å²) in [6.45, 7) is 0.764. The number of phenols is 1. The second kappa shape index (κ2) is 5.21. The standard InChI is InChI=1S/C13H12INO/c14-12-3-1-2-4-13(12)15-9-10-5-7-11(16)8-6-10/h1-8,15-16H,9H2. The summed E-state index contributed by atoms with van der Waals surface area (Å²) in [5.41, 5.74) is 2.29. The first-order chi connectivity index (χ1) is 7.75. The molecule has 82 valence electrons. The number of nitrogens with one attached hydrogen (secondary N) is 1. The highest BCUT2D eigenvalue weighted by Gasteiger charge is 1.97. The Morgan fingerprint density at radius 3 is 2.38 bits per heavy atom. The summed E-state index contributed by atoms with van der Waals surface area (Å²) in [5, 5.41) is 12.5. The van der Waals surface area contributed by atoms with E-state index in [4.69, 9.17) is 5.11 Å². The van der Waals surface area contributed by atoms with Crippen molar-refractivity contribution in [2.24, 2.45) is 0 Å².